The van der Waals surface area contributed by atoms with Crippen molar-refractivity contribution in [2.75, 3.05) is 7.05 Å². The summed E-state index contributed by atoms with van der Waals surface area (Å²) >= 11 is 3.41. The van der Waals surface area contributed by atoms with Crippen molar-refractivity contribution in [1.29, 1.82) is 0 Å². The third kappa shape index (κ3) is 2.97. The maximum atomic E-state index is 11.1. The first-order valence-electron chi connectivity index (χ1n) is 4.63. The van der Waals surface area contributed by atoms with Crippen molar-refractivity contribution in [3.63, 3.8) is 0 Å². The molecule has 16 heavy (non-hydrogen) atoms. The van der Waals surface area contributed by atoms with E-state index in [2.05, 4.69) is 21.0 Å². The number of rotatable bonds is 4. The van der Waals surface area contributed by atoms with Gasteiger partial charge < -0.3 is 0 Å². The Bertz CT molecular complexity index is 486. The summed E-state index contributed by atoms with van der Waals surface area (Å²) < 4.78 is 25.7. The molecule has 0 unspecified atom stereocenters. The van der Waals surface area contributed by atoms with E-state index in [1.54, 1.807) is 11.7 Å². The van der Waals surface area contributed by atoms with E-state index >= 15 is 0 Å². The minimum Gasteiger partial charge on any atom is -0.270 e. The molecule has 0 amide bonds. The summed E-state index contributed by atoms with van der Waals surface area (Å²) in [6, 6.07) is 0. The van der Waals surface area contributed by atoms with Gasteiger partial charge in [0.1, 0.15) is 0 Å². The molecule has 0 aromatic carbocycles. The van der Waals surface area contributed by atoms with Crippen molar-refractivity contribution in [2.45, 2.75) is 19.9 Å². The Kier molecular flexibility index (Phi) is 4.39. The lowest BCUT2D eigenvalue weighted by Gasteiger charge is -2.12. The number of hydrogen-bond donors (Lipinski definition) is 0. The first kappa shape index (κ1) is 14.0. The first-order chi connectivity index (χ1) is 7.27. The van der Waals surface area contributed by atoms with Crippen LogP contribution in [0.25, 0.3) is 0 Å². The highest BCUT2D eigenvalue weighted by Gasteiger charge is 2.19. The first-order valence-corrected chi connectivity index (χ1v) is 7.69. The Morgan fingerprint density at radius 1 is 1.56 bits per heavy atom. The van der Waals surface area contributed by atoms with Gasteiger partial charge in [0.05, 0.1) is 22.4 Å². The van der Waals surface area contributed by atoms with E-state index in [1.165, 1.54) is 7.05 Å². The van der Waals surface area contributed by atoms with Gasteiger partial charge in [-0.25, -0.2) is 0 Å². The van der Waals surface area contributed by atoms with Gasteiger partial charge >= 0.3 is 0 Å². The second-order valence-corrected chi connectivity index (χ2v) is 6.79. The number of nitrogens with zero attached hydrogens (tertiary/aromatic N) is 3. The lowest BCUT2D eigenvalue weighted by Crippen LogP contribution is -2.23. The summed E-state index contributed by atoms with van der Waals surface area (Å²) in [6.07, 6.45) is 0.783. The van der Waals surface area contributed by atoms with Gasteiger partial charge in [-0.1, -0.05) is 6.92 Å². The highest BCUT2D eigenvalue weighted by atomic mass is 79.9. The van der Waals surface area contributed by atoms with E-state index < -0.39 is 9.24 Å². The molecule has 5 nitrogen and oxygen atoms in total. The zero-order valence-electron chi connectivity index (χ0n) is 9.24. The topological polar surface area (TPSA) is 55.2 Å². The van der Waals surface area contributed by atoms with Crippen LogP contribution in [0.3, 0.4) is 0 Å². The van der Waals surface area contributed by atoms with Crippen molar-refractivity contribution in [1.82, 2.24) is 14.1 Å². The minimum atomic E-state index is -3.69. The molecule has 0 radical (unpaired) electrons. The summed E-state index contributed by atoms with van der Waals surface area (Å²) in [5.74, 6) is 0. The zero-order chi connectivity index (χ0) is 12.5. The molecule has 0 aliphatic carbocycles. The normalized spacial score (nSPS) is 12.4. The third-order valence-electron chi connectivity index (χ3n) is 2.25. The second-order valence-electron chi connectivity index (χ2n) is 3.38. The molecule has 0 aliphatic rings. The number of halogens is 2. The zero-order valence-corrected chi connectivity index (χ0v) is 12.4. The predicted octanol–water partition coefficient (Wildman–Crippen LogP) is 1.66. The average molecular weight is 331 g/mol. The van der Waals surface area contributed by atoms with Gasteiger partial charge in [0.25, 0.3) is 9.24 Å². The molecule has 0 saturated carbocycles. The fraction of sp³-hybridized carbons (Fsp3) is 0.625. The lowest BCUT2D eigenvalue weighted by molar-refractivity contribution is 0.464. The molecule has 1 rings (SSSR count). The smallest absolute Gasteiger partial charge is 0.270 e. The van der Waals surface area contributed by atoms with E-state index in [0.29, 0.717) is 0 Å². The predicted molar refractivity (Wildman–Crippen MR) is 66.5 cm³/mol. The molecule has 1 aromatic rings. The van der Waals surface area contributed by atoms with Crippen molar-refractivity contribution >= 4 is 35.8 Å². The second kappa shape index (κ2) is 5.03. The maximum Gasteiger partial charge on any atom is 0.299 e. The molecular formula is C8H13BrClN3O2S. The molecular weight excluding hydrogens is 318 g/mol. The van der Waals surface area contributed by atoms with E-state index in [-0.39, 0.29) is 6.54 Å². The summed E-state index contributed by atoms with van der Waals surface area (Å²) in [5, 5.41) is 4.27. The van der Waals surface area contributed by atoms with Gasteiger partial charge in [0, 0.05) is 24.8 Å². The van der Waals surface area contributed by atoms with Crippen LogP contribution in [-0.2, 0) is 29.3 Å². The van der Waals surface area contributed by atoms with Crippen molar-refractivity contribution in [3.05, 3.63) is 15.9 Å². The van der Waals surface area contributed by atoms with Crippen LogP contribution in [0.1, 0.15) is 18.3 Å². The van der Waals surface area contributed by atoms with Crippen LogP contribution in [0.2, 0.25) is 0 Å². The van der Waals surface area contributed by atoms with E-state index in [4.69, 9.17) is 10.7 Å². The van der Waals surface area contributed by atoms with E-state index in [0.717, 1.165) is 26.6 Å². The van der Waals surface area contributed by atoms with Crippen LogP contribution in [0.5, 0.6) is 0 Å². The van der Waals surface area contributed by atoms with E-state index in [9.17, 15) is 8.42 Å². The Labute approximate surface area is 108 Å². The van der Waals surface area contributed by atoms with Gasteiger partial charge in [-0.3, -0.25) is 4.68 Å². The molecule has 92 valence electrons. The molecule has 8 heteroatoms. The van der Waals surface area contributed by atoms with Crippen LogP contribution in [-0.4, -0.2) is 29.6 Å². The maximum absolute atomic E-state index is 11.1. The molecule has 0 atom stereocenters. The van der Waals surface area contributed by atoms with Gasteiger partial charge in [-0.05, 0) is 22.4 Å². The summed E-state index contributed by atoms with van der Waals surface area (Å²) in [5.41, 5.74) is 1.68. The number of aryl methyl sites for hydroxylation is 2. The number of hydrogen-bond acceptors (Lipinski definition) is 3. The summed E-state index contributed by atoms with van der Waals surface area (Å²) in [7, 11) is 4.74. The number of aromatic nitrogens is 2. The monoisotopic (exact) mass is 329 g/mol. The van der Waals surface area contributed by atoms with Crippen molar-refractivity contribution < 1.29 is 8.42 Å². The molecule has 1 aromatic heterocycles. The quantitative estimate of drug-likeness (QED) is 0.789. The van der Waals surface area contributed by atoms with Gasteiger partial charge in [-0.2, -0.15) is 17.8 Å². The van der Waals surface area contributed by atoms with Crippen LogP contribution in [0.15, 0.2) is 4.47 Å². The Hall–Kier alpha value is -0.110. The molecule has 0 N–H and O–H groups in total. The van der Waals surface area contributed by atoms with E-state index in [1.807, 2.05) is 6.92 Å². The standard InChI is InChI=1S/C8H13BrClN3O2S/c1-4-6-8(9)7(13(3)11-6)5-12(2)16(10,14)15/h4-5H2,1-3H3. The summed E-state index contributed by atoms with van der Waals surface area (Å²) in [6.45, 7) is 2.18. The van der Waals surface area contributed by atoms with Crippen LogP contribution in [0.4, 0.5) is 0 Å². The van der Waals surface area contributed by atoms with Crippen molar-refractivity contribution in [3.8, 4) is 0 Å². The minimum absolute atomic E-state index is 0.190. The third-order valence-corrected chi connectivity index (χ3v) is 4.74. The van der Waals surface area contributed by atoms with Crippen molar-refractivity contribution in [2.24, 2.45) is 7.05 Å². The molecule has 0 fully saturated rings. The Balaban J connectivity index is 3.02. The van der Waals surface area contributed by atoms with Crippen LogP contribution in [0, 0.1) is 0 Å². The summed E-state index contributed by atoms with van der Waals surface area (Å²) in [4.78, 5) is 0. The Morgan fingerprint density at radius 3 is 2.50 bits per heavy atom. The molecule has 0 aliphatic heterocycles. The SMILES string of the molecule is CCc1nn(C)c(CN(C)S(=O)(=O)Cl)c1Br. The van der Waals surface area contributed by atoms with Gasteiger partial charge in [-0.15, -0.1) is 0 Å². The fourth-order valence-corrected chi connectivity index (χ4v) is 2.44. The van der Waals surface area contributed by atoms with Gasteiger partial charge in [0.15, 0.2) is 0 Å². The highest BCUT2D eigenvalue weighted by molar-refractivity contribution is 9.10. The fourth-order valence-electron chi connectivity index (χ4n) is 1.28. The largest absolute Gasteiger partial charge is 0.299 e. The molecule has 0 spiro atoms. The molecule has 0 saturated heterocycles. The highest BCUT2D eigenvalue weighted by Crippen LogP contribution is 2.23. The van der Waals surface area contributed by atoms with Crippen LogP contribution >= 0.6 is 26.6 Å². The molecule has 1 heterocycles. The lowest BCUT2D eigenvalue weighted by atomic mass is 10.3. The average Bonchev–Trinajstić information content (AvgIpc) is 2.43. The Morgan fingerprint density at radius 2 is 2.12 bits per heavy atom. The van der Waals surface area contributed by atoms with Crippen LogP contribution < -0.4 is 0 Å². The molecule has 0 bridgehead atoms. The van der Waals surface area contributed by atoms with Gasteiger partial charge in [0.2, 0.25) is 0 Å².